The van der Waals surface area contributed by atoms with Crippen molar-refractivity contribution in [2.75, 3.05) is 0 Å². The standard InChI is InChI=1S/C16H14N2O3/c1-11-4-6-13(7-5-11)21-10-12-9-18-8-2-3-14(16(19)20)15(18)17-12/h2-9H,10H2,1H3,(H,19,20). The average molecular weight is 282 g/mol. The number of carboxylic acid groups (broad SMARTS) is 1. The van der Waals surface area contributed by atoms with Crippen LogP contribution in [0.5, 0.6) is 5.75 Å². The fourth-order valence-electron chi connectivity index (χ4n) is 2.09. The van der Waals surface area contributed by atoms with Crippen LogP contribution in [-0.2, 0) is 6.61 Å². The summed E-state index contributed by atoms with van der Waals surface area (Å²) in [6.07, 6.45) is 3.54. The molecular weight excluding hydrogens is 268 g/mol. The highest BCUT2D eigenvalue weighted by molar-refractivity contribution is 5.94. The maximum absolute atomic E-state index is 11.2. The van der Waals surface area contributed by atoms with Crippen LogP contribution < -0.4 is 4.74 Å². The van der Waals surface area contributed by atoms with Crippen molar-refractivity contribution in [1.82, 2.24) is 9.38 Å². The Morgan fingerprint density at radius 1 is 1.29 bits per heavy atom. The molecule has 0 fully saturated rings. The van der Waals surface area contributed by atoms with Crippen molar-refractivity contribution in [3.63, 3.8) is 0 Å². The van der Waals surface area contributed by atoms with Crippen molar-refractivity contribution in [2.24, 2.45) is 0 Å². The summed E-state index contributed by atoms with van der Waals surface area (Å²) in [5, 5.41) is 9.14. The largest absolute Gasteiger partial charge is 0.487 e. The van der Waals surface area contributed by atoms with E-state index in [1.165, 1.54) is 11.6 Å². The van der Waals surface area contributed by atoms with E-state index in [4.69, 9.17) is 9.84 Å². The molecule has 106 valence electrons. The van der Waals surface area contributed by atoms with Gasteiger partial charge in [0.1, 0.15) is 17.9 Å². The molecule has 0 radical (unpaired) electrons. The lowest BCUT2D eigenvalue weighted by Gasteiger charge is -2.03. The summed E-state index contributed by atoms with van der Waals surface area (Å²) in [4.78, 5) is 15.5. The summed E-state index contributed by atoms with van der Waals surface area (Å²) in [5.41, 5.74) is 2.46. The van der Waals surface area contributed by atoms with Gasteiger partial charge in [0, 0.05) is 12.4 Å². The molecule has 5 nitrogen and oxygen atoms in total. The molecule has 0 unspecified atom stereocenters. The highest BCUT2D eigenvalue weighted by atomic mass is 16.5. The van der Waals surface area contributed by atoms with Crippen LogP contribution in [0.1, 0.15) is 21.6 Å². The third-order valence-corrected chi connectivity index (χ3v) is 3.17. The molecule has 0 bridgehead atoms. The van der Waals surface area contributed by atoms with Crippen molar-refractivity contribution < 1.29 is 14.6 Å². The van der Waals surface area contributed by atoms with Gasteiger partial charge in [-0.2, -0.15) is 0 Å². The molecule has 21 heavy (non-hydrogen) atoms. The van der Waals surface area contributed by atoms with E-state index in [1.54, 1.807) is 22.9 Å². The van der Waals surface area contributed by atoms with Gasteiger partial charge in [0.25, 0.3) is 0 Å². The molecule has 2 heterocycles. The number of hydrogen-bond donors (Lipinski definition) is 1. The van der Waals surface area contributed by atoms with Crippen LogP contribution in [0.15, 0.2) is 48.8 Å². The van der Waals surface area contributed by atoms with Gasteiger partial charge < -0.3 is 14.2 Å². The Morgan fingerprint density at radius 2 is 2.05 bits per heavy atom. The predicted molar refractivity (Wildman–Crippen MR) is 77.7 cm³/mol. The summed E-state index contributed by atoms with van der Waals surface area (Å²) in [6, 6.07) is 11.0. The van der Waals surface area contributed by atoms with Gasteiger partial charge >= 0.3 is 5.97 Å². The van der Waals surface area contributed by atoms with E-state index in [2.05, 4.69) is 4.98 Å². The molecular formula is C16H14N2O3. The average Bonchev–Trinajstić information content (AvgIpc) is 2.89. The van der Waals surface area contributed by atoms with E-state index in [-0.39, 0.29) is 5.56 Å². The zero-order valence-electron chi connectivity index (χ0n) is 11.5. The van der Waals surface area contributed by atoms with Crippen LogP contribution in [0.25, 0.3) is 5.65 Å². The van der Waals surface area contributed by atoms with E-state index in [0.717, 1.165) is 5.75 Å². The molecule has 0 atom stereocenters. The van der Waals surface area contributed by atoms with E-state index < -0.39 is 5.97 Å². The van der Waals surface area contributed by atoms with Crippen molar-refractivity contribution in [3.8, 4) is 5.75 Å². The van der Waals surface area contributed by atoms with Gasteiger partial charge in [-0.15, -0.1) is 0 Å². The number of carboxylic acids is 1. The minimum Gasteiger partial charge on any atom is -0.487 e. The van der Waals surface area contributed by atoms with E-state index >= 15 is 0 Å². The minimum absolute atomic E-state index is 0.180. The van der Waals surface area contributed by atoms with Gasteiger partial charge in [-0.25, -0.2) is 9.78 Å². The third kappa shape index (κ3) is 2.72. The highest BCUT2D eigenvalue weighted by Gasteiger charge is 2.11. The van der Waals surface area contributed by atoms with Crippen molar-refractivity contribution in [2.45, 2.75) is 13.5 Å². The quantitative estimate of drug-likeness (QED) is 0.799. The Morgan fingerprint density at radius 3 is 2.76 bits per heavy atom. The number of aryl methyl sites for hydroxylation is 1. The SMILES string of the molecule is Cc1ccc(OCc2cn3cccc(C(=O)O)c3n2)cc1. The van der Waals surface area contributed by atoms with Crippen LogP contribution >= 0.6 is 0 Å². The lowest BCUT2D eigenvalue weighted by molar-refractivity contribution is 0.0698. The van der Waals surface area contributed by atoms with Crippen molar-refractivity contribution in [3.05, 3.63) is 65.6 Å². The number of aromatic carboxylic acids is 1. The third-order valence-electron chi connectivity index (χ3n) is 3.17. The Hall–Kier alpha value is -2.82. The number of hydrogen-bond acceptors (Lipinski definition) is 3. The Kier molecular flexibility index (Phi) is 3.31. The molecule has 0 amide bonds. The van der Waals surface area contributed by atoms with E-state index in [0.29, 0.717) is 17.9 Å². The lowest BCUT2D eigenvalue weighted by Crippen LogP contribution is -2.00. The fraction of sp³-hybridized carbons (Fsp3) is 0.125. The highest BCUT2D eigenvalue weighted by Crippen LogP contribution is 2.15. The smallest absolute Gasteiger partial charge is 0.339 e. The van der Waals surface area contributed by atoms with Gasteiger partial charge in [0.15, 0.2) is 5.65 Å². The molecule has 3 aromatic rings. The normalized spacial score (nSPS) is 10.7. The van der Waals surface area contributed by atoms with Crippen LogP contribution in [0.4, 0.5) is 0 Å². The van der Waals surface area contributed by atoms with Crippen molar-refractivity contribution in [1.29, 1.82) is 0 Å². The Bertz CT molecular complexity index is 791. The zero-order valence-corrected chi connectivity index (χ0v) is 11.5. The molecule has 0 saturated carbocycles. The van der Waals surface area contributed by atoms with Gasteiger partial charge in [-0.3, -0.25) is 0 Å². The monoisotopic (exact) mass is 282 g/mol. The topological polar surface area (TPSA) is 63.8 Å². The number of fused-ring (bicyclic) bond motifs is 1. The van der Waals surface area contributed by atoms with E-state index in [1.807, 2.05) is 31.2 Å². The second-order valence-electron chi connectivity index (χ2n) is 4.79. The maximum atomic E-state index is 11.2. The molecule has 0 aliphatic rings. The number of aromatic nitrogens is 2. The van der Waals surface area contributed by atoms with Gasteiger partial charge in [-0.1, -0.05) is 17.7 Å². The molecule has 1 aromatic carbocycles. The van der Waals surface area contributed by atoms with Gasteiger partial charge in [0.2, 0.25) is 0 Å². The first-order chi connectivity index (χ1) is 10.1. The Labute approximate surface area is 121 Å². The lowest BCUT2D eigenvalue weighted by atomic mass is 10.2. The minimum atomic E-state index is -0.989. The number of benzene rings is 1. The molecule has 3 rings (SSSR count). The number of nitrogens with zero attached hydrogens (tertiary/aromatic N) is 2. The zero-order chi connectivity index (χ0) is 14.8. The molecule has 0 aliphatic carbocycles. The van der Waals surface area contributed by atoms with Crippen molar-refractivity contribution >= 4 is 11.6 Å². The van der Waals surface area contributed by atoms with Gasteiger partial charge in [0.05, 0.1) is 5.69 Å². The first-order valence-electron chi connectivity index (χ1n) is 6.53. The summed E-state index contributed by atoms with van der Waals surface area (Å²) >= 11 is 0. The fourth-order valence-corrected chi connectivity index (χ4v) is 2.09. The van der Waals surface area contributed by atoms with Gasteiger partial charge in [-0.05, 0) is 31.2 Å². The summed E-state index contributed by atoms with van der Waals surface area (Å²) in [7, 11) is 0. The predicted octanol–water partition coefficient (Wildman–Crippen LogP) is 2.92. The number of carbonyl (C=O) groups is 1. The first-order valence-corrected chi connectivity index (χ1v) is 6.53. The second-order valence-corrected chi connectivity index (χ2v) is 4.79. The number of ether oxygens (including phenoxy) is 1. The number of imidazole rings is 1. The molecule has 0 saturated heterocycles. The maximum Gasteiger partial charge on any atom is 0.339 e. The van der Waals surface area contributed by atoms with Crippen LogP contribution in [-0.4, -0.2) is 20.5 Å². The molecule has 2 aromatic heterocycles. The summed E-state index contributed by atoms with van der Waals surface area (Å²) in [6.45, 7) is 2.31. The summed E-state index contributed by atoms with van der Waals surface area (Å²) < 4.78 is 7.35. The summed E-state index contributed by atoms with van der Waals surface area (Å²) in [5.74, 6) is -0.228. The first kappa shape index (κ1) is 13.2. The number of rotatable bonds is 4. The Balaban J connectivity index is 1.83. The molecule has 5 heteroatoms. The second kappa shape index (κ2) is 5.28. The van der Waals surface area contributed by atoms with Crippen LogP contribution in [0.2, 0.25) is 0 Å². The van der Waals surface area contributed by atoms with E-state index in [9.17, 15) is 4.79 Å². The molecule has 0 aliphatic heterocycles. The molecule has 1 N–H and O–H groups in total. The molecule has 0 spiro atoms. The van der Waals surface area contributed by atoms with Crippen LogP contribution in [0, 0.1) is 6.92 Å². The number of pyridine rings is 1. The van der Waals surface area contributed by atoms with Crippen LogP contribution in [0.3, 0.4) is 0 Å².